The van der Waals surface area contributed by atoms with Crippen LogP contribution in [0.2, 0.25) is 0 Å². The minimum Gasteiger partial charge on any atom is -0.547 e. The Morgan fingerprint density at radius 2 is 1.72 bits per heavy atom. The maximum absolute atomic E-state index is 12.6. The van der Waals surface area contributed by atoms with Crippen LogP contribution in [0, 0.1) is 5.92 Å². The lowest BCUT2D eigenvalue weighted by molar-refractivity contribution is -0.314. The van der Waals surface area contributed by atoms with E-state index in [1.165, 1.54) is 0 Å². The van der Waals surface area contributed by atoms with Gasteiger partial charge in [0.1, 0.15) is 6.04 Å². The fraction of sp³-hybridized carbons (Fsp3) is 0.786. The lowest BCUT2D eigenvalue weighted by atomic mass is 10.0. The van der Waals surface area contributed by atoms with E-state index in [0.717, 1.165) is 12.8 Å². The number of carboxylic acid groups (broad SMARTS) is 1. The maximum Gasteiger partial charge on any atom is 0.401 e. The van der Waals surface area contributed by atoms with Crippen LogP contribution in [0.5, 0.6) is 0 Å². The summed E-state index contributed by atoms with van der Waals surface area (Å²) in [6.45, 7) is 4.89. The normalized spacial score (nSPS) is 26.6. The molecule has 2 rings (SSSR count). The average molecular weight is 377 g/mol. The first kappa shape index (κ1) is 19.6. The van der Waals surface area contributed by atoms with E-state index in [-0.39, 0.29) is 11.8 Å². The van der Waals surface area contributed by atoms with Gasteiger partial charge in [-0.1, -0.05) is 13.8 Å². The van der Waals surface area contributed by atoms with Crippen molar-refractivity contribution in [3.05, 3.63) is 0 Å². The van der Waals surface area contributed by atoms with Gasteiger partial charge in [-0.05, 0) is 25.2 Å². The van der Waals surface area contributed by atoms with Crippen molar-refractivity contribution in [1.29, 1.82) is 0 Å². The number of rotatable bonds is 6. The van der Waals surface area contributed by atoms with Crippen molar-refractivity contribution in [3.8, 4) is 0 Å². The van der Waals surface area contributed by atoms with Gasteiger partial charge in [0.15, 0.2) is 12.2 Å². The molecule has 25 heavy (non-hydrogen) atoms. The van der Waals surface area contributed by atoms with E-state index in [2.05, 4.69) is 13.7 Å². The minimum absolute atomic E-state index is 0.0678. The SMILES string of the molecule is CC(C)C[C@H](NC(=O)[C@H]1OS(=O)(=O)O[C@@H]1C(=O)[O-])C(=O)N1CCCC1. The lowest BCUT2D eigenvalue weighted by Gasteiger charge is -2.26. The molecular formula is C14H21N2O8S-. The van der Waals surface area contributed by atoms with Gasteiger partial charge in [-0.2, -0.15) is 8.42 Å². The Labute approximate surface area is 145 Å². The van der Waals surface area contributed by atoms with E-state index in [0.29, 0.717) is 19.5 Å². The zero-order valence-corrected chi connectivity index (χ0v) is 14.8. The molecule has 2 saturated heterocycles. The van der Waals surface area contributed by atoms with Gasteiger partial charge in [0.25, 0.3) is 5.91 Å². The summed E-state index contributed by atoms with van der Waals surface area (Å²) >= 11 is 0. The third kappa shape index (κ3) is 4.89. The Bertz CT molecular complexity index is 641. The number of likely N-dealkylation sites (tertiary alicyclic amines) is 1. The highest BCUT2D eigenvalue weighted by Crippen LogP contribution is 2.21. The molecule has 2 aliphatic rings. The third-order valence-electron chi connectivity index (χ3n) is 3.95. The monoisotopic (exact) mass is 377 g/mol. The molecule has 11 heteroatoms. The zero-order valence-electron chi connectivity index (χ0n) is 14.0. The number of carbonyl (C=O) groups is 3. The van der Waals surface area contributed by atoms with Crippen LogP contribution < -0.4 is 10.4 Å². The van der Waals surface area contributed by atoms with Crippen LogP contribution in [0.4, 0.5) is 0 Å². The van der Waals surface area contributed by atoms with Gasteiger partial charge in [-0.3, -0.25) is 9.59 Å². The molecule has 1 N–H and O–H groups in total. The molecule has 2 aliphatic heterocycles. The maximum atomic E-state index is 12.6. The van der Waals surface area contributed by atoms with Crippen molar-refractivity contribution < 1.29 is 36.3 Å². The van der Waals surface area contributed by atoms with Crippen LogP contribution in [0.1, 0.15) is 33.1 Å². The van der Waals surface area contributed by atoms with E-state index in [9.17, 15) is 27.9 Å². The molecule has 3 atom stereocenters. The molecule has 2 amide bonds. The molecule has 0 unspecified atom stereocenters. The van der Waals surface area contributed by atoms with Gasteiger partial charge in [0, 0.05) is 13.1 Å². The molecule has 0 aromatic heterocycles. The molecule has 0 radical (unpaired) electrons. The number of nitrogens with zero attached hydrogens (tertiary/aromatic N) is 1. The highest BCUT2D eigenvalue weighted by Gasteiger charge is 2.46. The summed E-state index contributed by atoms with van der Waals surface area (Å²) in [7, 11) is -4.61. The van der Waals surface area contributed by atoms with Crippen molar-refractivity contribution in [2.24, 2.45) is 5.92 Å². The Morgan fingerprint density at radius 1 is 1.16 bits per heavy atom. The van der Waals surface area contributed by atoms with Gasteiger partial charge in [0.05, 0.1) is 5.97 Å². The van der Waals surface area contributed by atoms with Gasteiger partial charge in [-0.15, -0.1) is 0 Å². The second-order valence-corrected chi connectivity index (χ2v) is 7.69. The van der Waals surface area contributed by atoms with E-state index in [4.69, 9.17) is 0 Å². The molecule has 0 saturated carbocycles. The lowest BCUT2D eigenvalue weighted by Crippen LogP contribution is -2.54. The Balaban J connectivity index is 2.12. The van der Waals surface area contributed by atoms with Crippen LogP contribution >= 0.6 is 0 Å². The van der Waals surface area contributed by atoms with Crippen LogP contribution in [0.25, 0.3) is 0 Å². The number of hydrogen-bond acceptors (Lipinski definition) is 8. The van der Waals surface area contributed by atoms with Crippen molar-refractivity contribution in [1.82, 2.24) is 10.2 Å². The largest absolute Gasteiger partial charge is 0.547 e. The van der Waals surface area contributed by atoms with E-state index in [1.807, 2.05) is 13.8 Å². The molecular weight excluding hydrogens is 356 g/mol. The molecule has 142 valence electrons. The smallest absolute Gasteiger partial charge is 0.401 e. The summed E-state index contributed by atoms with van der Waals surface area (Å²) in [5.41, 5.74) is 0. The predicted molar refractivity (Wildman–Crippen MR) is 80.9 cm³/mol. The Morgan fingerprint density at radius 3 is 2.24 bits per heavy atom. The molecule has 0 aliphatic carbocycles. The van der Waals surface area contributed by atoms with Crippen molar-refractivity contribution in [2.75, 3.05) is 13.1 Å². The molecule has 2 fully saturated rings. The Hall–Kier alpha value is -1.72. The average Bonchev–Trinajstić information content (AvgIpc) is 3.12. The van der Waals surface area contributed by atoms with E-state index in [1.54, 1.807) is 4.90 Å². The predicted octanol–water partition coefficient (Wildman–Crippen LogP) is -2.08. The number of amides is 2. The minimum atomic E-state index is -4.61. The van der Waals surface area contributed by atoms with Gasteiger partial charge < -0.3 is 20.1 Å². The van der Waals surface area contributed by atoms with E-state index < -0.39 is 40.5 Å². The summed E-state index contributed by atoms with van der Waals surface area (Å²) in [4.78, 5) is 37.5. The number of aliphatic carboxylic acids is 1. The van der Waals surface area contributed by atoms with Gasteiger partial charge in [0.2, 0.25) is 5.91 Å². The first-order chi connectivity index (χ1) is 11.6. The van der Waals surface area contributed by atoms with Gasteiger partial charge in [-0.25, -0.2) is 8.37 Å². The summed E-state index contributed by atoms with van der Waals surface area (Å²) in [5.74, 6) is -3.16. The quantitative estimate of drug-likeness (QED) is 0.556. The van der Waals surface area contributed by atoms with Crippen molar-refractivity contribution >= 4 is 28.2 Å². The standard InChI is InChI=1S/C14H22N2O8S/c1-8(2)7-9(13(18)16-5-3-4-6-16)15-12(17)10-11(14(19)20)24-25(21,22)23-10/h8-11H,3-7H2,1-2H3,(H,15,17)(H,19,20)/p-1/t9-,10-,11-/m0/s1. The van der Waals surface area contributed by atoms with E-state index >= 15 is 0 Å². The zero-order chi connectivity index (χ0) is 18.8. The van der Waals surface area contributed by atoms with Crippen LogP contribution in [0.15, 0.2) is 0 Å². The first-order valence-electron chi connectivity index (χ1n) is 8.02. The van der Waals surface area contributed by atoms with Crippen LogP contribution in [-0.4, -0.2) is 62.4 Å². The highest BCUT2D eigenvalue weighted by molar-refractivity contribution is 7.82. The number of carbonyl (C=O) groups excluding carboxylic acids is 3. The topological polar surface area (TPSA) is 142 Å². The molecule has 10 nitrogen and oxygen atoms in total. The molecule has 0 aromatic rings. The first-order valence-corrected chi connectivity index (χ1v) is 9.35. The highest BCUT2D eigenvalue weighted by atomic mass is 32.3. The molecule has 0 spiro atoms. The number of nitrogens with one attached hydrogen (secondary N) is 1. The summed E-state index contributed by atoms with van der Waals surface area (Å²) in [5, 5.41) is 13.4. The molecule has 0 bridgehead atoms. The van der Waals surface area contributed by atoms with Crippen molar-refractivity contribution in [3.63, 3.8) is 0 Å². The summed E-state index contributed by atoms with van der Waals surface area (Å²) in [6.07, 6.45) is -1.96. The second kappa shape index (κ2) is 7.67. The second-order valence-electron chi connectivity index (χ2n) is 6.48. The molecule has 2 heterocycles. The Kier molecular flexibility index (Phi) is 6.01. The third-order valence-corrected chi connectivity index (χ3v) is 4.83. The summed E-state index contributed by atoms with van der Waals surface area (Å²) < 4.78 is 31.1. The van der Waals surface area contributed by atoms with Crippen LogP contribution in [-0.2, 0) is 33.1 Å². The number of hydrogen-bond donors (Lipinski definition) is 1. The fourth-order valence-corrected chi connectivity index (χ4v) is 3.75. The molecule has 0 aromatic carbocycles. The summed E-state index contributed by atoms with van der Waals surface area (Å²) in [6, 6.07) is -0.903. The van der Waals surface area contributed by atoms with Crippen LogP contribution in [0.3, 0.4) is 0 Å². The number of carboxylic acids is 1. The fourth-order valence-electron chi connectivity index (χ4n) is 2.83. The van der Waals surface area contributed by atoms with Gasteiger partial charge >= 0.3 is 10.4 Å². The van der Waals surface area contributed by atoms with Crippen molar-refractivity contribution in [2.45, 2.75) is 51.4 Å².